The second-order valence-electron chi connectivity index (χ2n) is 5.65. The number of pyridine rings is 1. The first kappa shape index (κ1) is 16.8. The molecule has 1 aromatic carbocycles. The molecule has 3 rings (SSSR count). The highest BCUT2D eigenvalue weighted by atomic mass is 16.5. The predicted molar refractivity (Wildman–Crippen MR) is 95.1 cm³/mol. The smallest absolute Gasteiger partial charge is 0.220 e. The lowest BCUT2D eigenvalue weighted by Gasteiger charge is -2.06. The molecule has 0 saturated carbocycles. The third-order valence-electron chi connectivity index (χ3n) is 3.89. The zero-order chi connectivity index (χ0) is 17.5. The van der Waals surface area contributed by atoms with Gasteiger partial charge >= 0.3 is 0 Å². The third kappa shape index (κ3) is 4.70. The first-order valence-corrected chi connectivity index (χ1v) is 8.13. The van der Waals surface area contributed by atoms with Gasteiger partial charge in [-0.05, 0) is 47.9 Å². The van der Waals surface area contributed by atoms with Crippen LogP contribution in [0.4, 0.5) is 0 Å². The van der Waals surface area contributed by atoms with Crippen molar-refractivity contribution in [2.24, 2.45) is 0 Å². The van der Waals surface area contributed by atoms with Crippen molar-refractivity contribution in [2.45, 2.75) is 19.4 Å². The fourth-order valence-electron chi connectivity index (χ4n) is 2.44. The van der Waals surface area contributed by atoms with E-state index in [4.69, 9.17) is 9.15 Å². The summed E-state index contributed by atoms with van der Waals surface area (Å²) >= 11 is 0. The monoisotopic (exact) mass is 336 g/mol. The molecule has 2 aromatic heterocycles. The molecule has 25 heavy (non-hydrogen) atoms. The van der Waals surface area contributed by atoms with E-state index in [1.165, 1.54) is 0 Å². The molecule has 0 aliphatic rings. The number of ether oxygens (including phenoxy) is 1. The topological polar surface area (TPSA) is 64.4 Å². The number of aromatic nitrogens is 1. The molecule has 0 aliphatic carbocycles. The van der Waals surface area contributed by atoms with Gasteiger partial charge in [-0.1, -0.05) is 18.2 Å². The van der Waals surface area contributed by atoms with Gasteiger partial charge in [0.05, 0.1) is 13.4 Å². The van der Waals surface area contributed by atoms with Crippen LogP contribution in [0.15, 0.2) is 65.4 Å². The summed E-state index contributed by atoms with van der Waals surface area (Å²) in [6.07, 6.45) is 4.52. The number of nitrogens with zero attached hydrogens (tertiary/aromatic N) is 1. The Balaban J connectivity index is 1.45. The summed E-state index contributed by atoms with van der Waals surface area (Å²) < 4.78 is 10.4. The van der Waals surface area contributed by atoms with Crippen molar-refractivity contribution in [3.8, 4) is 17.2 Å². The lowest BCUT2D eigenvalue weighted by molar-refractivity contribution is -0.121. The summed E-state index contributed by atoms with van der Waals surface area (Å²) in [5.41, 5.74) is 2.84. The summed E-state index contributed by atoms with van der Waals surface area (Å²) in [7, 11) is 1.64. The Morgan fingerprint density at radius 2 is 1.92 bits per heavy atom. The minimum atomic E-state index is 0.0194. The van der Waals surface area contributed by atoms with Gasteiger partial charge in [0.25, 0.3) is 0 Å². The maximum Gasteiger partial charge on any atom is 0.220 e. The molecule has 5 nitrogen and oxygen atoms in total. The van der Waals surface area contributed by atoms with Crippen molar-refractivity contribution in [3.63, 3.8) is 0 Å². The van der Waals surface area contributed by atoms with E-state index in [-0.39, 0.29) is 5.91 Å². The van der Waals surface area contributed by atoms with Crippen LogP contribution in [0.25, 0.3) is 11.5 Å². The average molecular weight is 336 g/mol. The van der Waals surface area contributed by atoms with E-state index in [1.54, 1.807) is 19.6 Å². The second-order valence-corrected chi connectivity index (χ2v) is 5.65. The van der Waals surface area contributed by atoms with Crippen LogP contribution in [0.3, 0.4) is 0 Å². The number of furan rings is 1. The number of carbonyl (C=O) groups is 1. The lowest BCUT2D eigenvalue weighted by Crippen LogP contribution is -2.23. The molecule has 0 fully saturated rings. The molecule has 0 saturated heterocycles. The van der Waals surface area contributed by atoms with Crippen LogP contribution in [0.2, 0.25) is 0 Å². The van der Waals surface area contributed by atoms with Gasteiger partial charge in [-0.3, -0.25) is 9.78 Å². The zero-order valence-electron chi connectivity index (χ0n) is 14.1. The Hall–Kier alpha value is -3.08. The van der Waals surface area contributed by atoms with Gasteiger partial charge in [0.2, 0.25) is 5.91 Å². The average Bonchev–Trinajstić information content (AvgIpc) is 3.20. The van der Waals surface area contributed by atoms with Crippen molar-refractivity contribution >= 4 is 5.91 Å². The quantitative estimate of drug-likeness (QED) is 0.716. The Morgan fingerprint density at radius 1 is 1.12 bits per heavy atom. The molecule has 1 N–H and O–H groups in total. The van der Waals surface area contributed by atoms with E-state index in [1.807, 2.05) is 48.5 Å². The minimum Gasteiger partial charge on any atom is -0.497 e. The van der Waals surface area contributed by atoms with E-state index in [2.05, 4.69) is 10.3 Å². The molecule has 1 amide bonds. The van der Waals surface area contributed by atoms with Crippen LogP contribution in [0.1, 0.15) is 17.5 Å². The third-order valence-corrected chi connectivity index (χ3v) is 3.89. The normalized spacial score (nSPS) is 10.4. The number of hydrogen-bond donors (Lipinski definition) is 1. The Morgan fingerprint density at radius 3 is 2.56 bits per heavy atom. The number of aryl methyl sites for hydroxylation is 1. The van der Waals surface area contributed by atoms with Gasteiger partial charge in [-0.15, -0.1) is 0 Å². The molecular weight excluding hydrogens is 316 g/mol. The van der Waals surface area contributed by atoms with Gasteiger partial charge in [-0.25, -0.2) is 0 Å². The molecule has 0 bridgehead atoms. The molecule has 0 atom stereocenters. The fourth-order valence-corrected chi connectivity index (χ4v) is 2.44. The van der Waals surface area contributed by atoms with Gasteiger partial charge in [0.1, 0.15) is 11.4 Å². The maximum atomic E-state index is 12.0. The van der Waals surface area contributed by atoms with Crippen LogP contribution in [-0.4, -0.2) is 18.0 Å². The molecule has 0 spiro atoms. The number of hydrogen-bond acceptors (Lipinski definition) is 4. The largest absolute Gasteiger partial charge is 0.497 e. The van der Waals surface area contributed by atoms with Crippen molar-refractivity contribution in [2.75, 3.05) is 7.11 Å². The highest BCUT2D eigenvalue weighted by Gasteiger charge is 2.05. The Labute approximate surface area is 146 Å². The van der Waals surface area contributed by atoms with Crippen LogP contribution < -0.4 is 10.1 Å². The fraction of sp³-hybridized carbons (Fsp3) is 0.200. The molecule has 0 radical (unpaired) electrons. The number of benzene rings is 1. The lowest BCUT2D eigenvalue weighted by atomic mass is 10.1. The summed E-state index contributed by atoms with van der Waals surface area (Å²) in [4.78, 5) is 16.3. The molecule has 0 unspecified atom stereocenters. The van der Waals surface area contributed by atoms with Crippen molar-refractivity contribution in [1.29, 1.82) is 0 Å². The van der Waals surface area contributed by atoms with Crippen LogP contribution in [0.5, 0.6) is 5.75 Å². The van der Waals surface area contributed by atoms with Gasteiger partial charge in [-0.2, -0.15) is 0 Å². The minimum absolute atomic E-state index is 0.0194. The molecule has 2 heterocycles. The number of nitrogens with one attached hydrogen (secondary N) is 1. The van der Waals surface area contributed by atoms with Crippen molar-refractivity contribution in [3.05, 3.63) is 72.1 Å². The summed E-state index contributed by atoms with van der Waals surface area (Å²) in [6, 6.07) is 15.3. The maximum absolute atomic E-state index is 12.0. The van der Waals surface area contributed by atoms with E-state index in [0.29, 0.717) is 19.4 Å². The Bertz CT molecular complexity index is 794. The van der Waals surface area contributed by atoms with Gasteiger partial charge in [0, 0.05) is 19.2 Å². The highest BCUT2D eigenvalue weighted by molar-refractivity contribution is 5.76. The first-order chi connectivity index (χ1) is 12.2. The first-order valence-electron chi connectivity index (χ1n) is 8.13. The van der Waals surface area contributed by atoms with Crippen LogP contribution in [-0.2, 0) is 17.8 Å². The highest BCUT2D eigenvalue weighted by Crippen LogP contribution is 2.17. The second kappa shape index (κ2) is 8.15. The van der Waals surface area contributed by atoms with Crippen molar-refractivity contribution in [1.82, 2.24) is 10.3 Å². The molecular formula is C20H20N2O3. The SMILES string of the molecule is COc1ccc(CCC(=O)NCc2ccc(-c3ccco3)nc2)cc1. The van der Waals surface area contributed by atoms with E-state index in [0.717, 1.165) is 28.3 Å². The standard InChI is InChI=1S/C20H20N2O3/c1-24-17-8-4-15(5-9-17)7-11-20(23)22-14-16-6-10-18(21-13-16)19-3-2-12-25-19/h2-6,8-10,12-13H,7,11,14H2,1H3,(H,22,23). The van der Waals surface area contributed by atoms with Crippen LogP contribution in [0, 0.1) is 0 Å². The zero-order valence-corrected chi connectivity index (χ0v) is 14.1. The van der Waals surface area contributed by atoms with E-state index in [9.17, 15) is 4.79 Å². The summed E-state index contributed by atoms with van der Waals surface area (Å²) in [5.74, 6) is 1.57. The summed E-state index contributed by atoms with van der Waals surface area (Å²) in [6.45, 7) is 0.465. The number of methoxy groups -OCH3 is 1. The van der Waals surface area contributed by atoms with Crippen molar-refractivity contribution < 1.29 is 13.9 Å². The van der Waals surface area contributed by atoms with E-state index < -0.39 is 0 Å². The Kier molecular flexibility index (Phi) is 5.46. The molecule has 128 valence electrons. The number of amides is 1. The summed E-state index contributed by atoms with van der Waals surface area (Å²) in [5, 5.41) is 2.92. The predicted octanol–water partition coefficient (Wildman–Crippen LogP) is 3.60. The van der Waals surface area contributed by atoms with Gasteiger partial charge < -0.3 is 14.5 Å². The van der Waals surface area contributed by atoms with E-state index >= 15 is 0 Å². The molecule has 0 aliphatic heterocycles. The molecule has 3 aromatic rings. The van der Waals surface area contributed by atoms with Crippen LogP contribution >= 0.6 is 0 Å². The van der Waals surface area contributed by atoms with Gasteiger partial charge in [0.15, 0.2) is 5.76 Å². The number of carbonyl (C=O) groups excluding carboxylic acids is 1. The number of rotatable bonds is 7. The molecule has 5 heteroatoms.